The van der Waals surface area contributed by atoms with E-state index in [1.54, 1.807) is 14.2 Å². The third kappa shape index (κ3) is 2.67. The van der Waals surface area contributed by atoms with Gasteiger partial charge in [0, 0.05) is 23.6 Å². The Morgan fingerprint density at radius 1 is 1.25 bits per heavy atom. The van der Waals surface area contributed by atoms with Gasteiger partial charge in [0.25, 0.3) is 0 Å². The maximum absolute atomic E-state index is 5.46. The molecule has 1 heterocycles. The number of nitrogens with one attached hydrogen (secondary N) is 1. The Morgan fingerprint density at radius 3 is 2.60 bits per heavy atom. The van der Waals surface area contributed by atoms with Crippen LogP contribution in [0.15, 0.2) is 18.2 Å². The fraction of sp³-hybridized carbons (Fsp3) is 0.333. The monoisotopic (exact) mass is 290 g/mol. The molecule has 0 radical (unpaired) electrons. The van der Waals surface area contributed by atoms with Gasteiger partial charge in [0.1, 0.15) is 22.0 Å². The Kier molecular flexibility index (Phi) is 4.39. The van der Waals surface area contributed by atoms with Crippen LogP contribution in [0.1, 0.15) is 18.3 Å². The van der Waals surface area contributed by atoms with Crippen molar-refractivity contribution in [3.8, 4) is 22.8 Å². The number of aryl methyl sites for hydroxylation is 1. The summed E-state index contributed by atoms with van der Waals surface area (Å²) >= 11 is 5.33. The van der Waals surface area contributed by atoms with Crippen molar-refractivity contribution in [2.45, 2.75) is 20.3 Å². The molecular weight excluding hydrogens is 272 g/mol. The van der Waals surface area contributed by atoms with Gasteiger partial charge in [-0.3, -0.25) is 0 Å². The molecule has 4 nitrogen and oxygen atoms in total. The van der Waals surface area contributed by atoms with Crippen LogP contribution in [0.3, 0.4) is 0 Å². The second kappa shape index (κ2) is 6.05. The lowest BCUT2D eigenvalue weighted by Gasteiger charge is -2.13. The van der Waals surface area contributed by atoms with E-state index in [9.17, 15) is 0 Å². The van der Waals surface area contributed by atoms with Gasteiger partial charge in [-0.1, -0.05) is 19.1 Å². The summed E-state index contributed by atoms with van der Waals surface area (Å²) in [5, 5.41) is 0. The summed E-state index contributed by atoms with van der Waals surface area (Å²) in [7, 11) is 3.28. The molecule has 1 aromatic carbocycles. The Hall–Kier alpha value is -1.88. The third-order valence-corrected chi connectivity index (χ3v) is 3.61. The molecule has 1 aromatic heterocycles. The van der Waals surface area contributed by atoms with Gasteiger partial charge in [-0.05, 0) is 19.1 Å². The number of ether oxygens (including phenoxy) is 2. The number of benzene rings is 1. The first-order valence-corrected chi connectivity index (χ1v) is 6.83. The predicted molar refractivity (Wildman–Crippen MR) is 82.1 cm³/mol. The highest BCUT2D eigenvalue weighted by Gasteiger charge is 2.12. The summed E-state index contributed by atoms with van der Waals surface area (Å²) in [6, 6.07) is 5.72. The summed E-state index contributed by atoms with van der Waals surface area (Å²) in [5.74, 6) is 2.37. The molecule has 106 valence electrons. The largest absolute Gasteiger partial charge is 0.497 e. The Morgan fingerprint density at radius 2 is 2.00 bits per heavy atom. The van der Waals surface area contributed by atoms with E-state index < -0.39 is 0 Å². The number of nitrogens with zero attached hydrogens (tertiary/aromatic N) is 1. The van der Waals surface area contributed by atoms with E-state index in [1.807, 2.05) is 32.0 Å². The minimum absolute atomic E-state index is 0.619. The van der Waals surface area contributed by atoms with E-state index in [4.69, 9.17) is 21.7 Å². The van der Waals surface area contributed by atoms with Crippen LogP contribution in [0.5, 0.6) is 11.5 Å². The standard InChI is InChI=1S/C15H18N2O2S/c1-5-13-16-14(9(2)15(20)17-13)11-7-6-10(18-3)8-12(11)19-4/h6-8H,5H2,1-4H3,(H,16,17,20). The molecule has 0 fully saturated rings. The SMILES string of the molecule is CCc1nc(=S)c(C)c(-c2ccc(OC)cc2OC)[nH]1. The average Bonchev–Trinajstić information content (AvgIpc) is 2.49. The Bertz CT molecular complexity index is 680. The van der Waals surface area contributed by atoms with Crippen molar-refractivity contribution in [3.63, 3.8) is 0 Å². The van der Waals surface area contributed by atoms with Gasteiger partial charge in [0.2, 0.25) is 0 Å². The van der Waals surface area contributed by atoms with E-state index in [2.05, 4.69) is 9.97 Å². The van der Waals surface area contributed by atoms with E-state index in [0.717, 1.165) is 40.6 Å². The molecule has 2 aromatic rings. The zero-order chi connectivity index (χ0) is 14.7. The van der Waals surface area contributed by atoms with Crippen molar-refractivity contribution in [2.75, 3.05) is 14.2 Å². The van der Waals surface area contributed by atoms with Gasteiger partial charge in [0.05, 0.1) is 19.9 Å². The minimum Gasteiger partial charge on any atom is -0.497 e. The number of methoxy groups -OCH3 is 2. The summed E-state index contributed by atoms with van der Waals surface area (Å²) < 4.78 is 11.3. The van der Waals surface area contributed by atoms with E-state index in [0.29, 0.717) is 4.64 Å². The molecule has 0 amide bonds. The molecule has 0 unspecified atom stereocenters. The maximum Gasteiger partial charge on any atom is 0.133 e. The van der Waals surface area contributed by atoms with Crippen LogP contribution < -0.4 is 9.47 Å². The highest BCUT2D eigenvalue weighted by atomic mass is 32.1. The smallest absolute Gasteiger partial charge is 0.133 e. The highest BCUT2D eigenvalue weighted by molar-refractivity contribution is 7.71. The van der Waals surface area contributed by atoms with Crippen LogP contribution in [-0.4, -0.2) is 24.2 Å². The maximum atomic E-state index is 5.46. The van der Waals surface area contributed by atoms with Crippen molar-refractivity contribution in [2.24, 2.45) is 0 Å². The van der Waals surface area contributed by atoms with Crippen LogP contribution in [0.4, 0.5) is 0 Å². The Labute approximate surface area is 123 Å². The molecule has 0 aliphatic carbocycles. The molecule has 0 saturated heterocycles. The van der Waals surface area contributed by atoms with Crippen LogP contribution in [0.2, 0.25) is 0 Å². The summed E-state index contributed by atoms with van der Waals surface area (Å²) in [6.07, 6.45) is 0.801. The predicted octanol–water partition coefficient (Wildman–Crippen LogP) is 3.69. The van der Waals surface area contributed by atoms with Crippen molar-refractivity contribution in [1.29, 1.82) is 0 Å². The van der Waals surface area contributed by atoms with Gasteiger partial charge in [-0.2, -0.15) is 0 Å². The Balaban J connectivity index is 2.67. The van der Waals surface area contributed by atoms with Gasteiger partial charge >= 0.3 is 0 Å². The average molecular weight is 290 g/mol. The quantitative estimate of drug-likeness (QED) is 0.872. The molecule has 0 aliphatic rings. The fourth-order valence-corrected chi connectivity index (χ4v) is 2.23. The normalized spacial score (nSPS) is 10.4. The highest BCUT2D eigenvalue weighted by Crippen LogP contribution is 2.34. The second-order valence-electron chi connectivity index (χ2n) is 4.41. The van der Waals surface area contributed by atoms with Crippen molar-refractivity contribution < 1.29 is 9.47 Å². The van der Waals surface area contributed by atoms with Gasteiger partial charge in [0.15, 0.2) is 0 Å². The number of aromatic nitrogens is 2. The van der Waals surface area contributed by atoms with Crippen LogP contribution in [-0.2, 0) is 6.42 Å². The molecule has 1 N–H and O–H groups in total. The lowest BCUT2D eigenvalue weighted by Crippen LogP contribution is -2.01. The first kappa shape index (κ1) is 14.5. The summed E-state index contributed by atoms with van der Waals surface area (Å²) in [4.78, 5) is 7.69. The molecule has 0 saturated carbocycles. The molecule has 0 atom stereocenters. The molecule has 0 bridgehead atoms. The number of hydrogen-bond donors (Lipinski definition) is 1. The summed E-state index contributed by atoms with van der Waals surface area (Å²) in [5.41, 5.74) is 2.84. The van der Waals surface area contributed by atoms with E-state index >= 15 is 0 Å². The van der Waals surface area contributed by atoms with Gasteiger partial charge in [-0.15, -0.1) is 0 Å². The molecule has 2 rings (SSSR count). The number of aromatic amines is 1. The first-order chi connectivity index (χ1) is 9.60. The summed E-state index contributed by atoms with van der Waals surface area (Å²) in [6.45, 7) is 4.00. The zero-order valence-electron chi connectivity index (χ0n) is 12.1. The number of H-pyrrole nitrogens is 1. The van der Waals surface area contributed by atoms with Crippen molar-refractivity contribution >= 4 is 12.2 Å². The molecule has 20 heavy (non-hydrogen) atoms. The third-order valence-electron chi connectivity index (χ3n) is 3.21. The van der Waals surface area contributed by atoms with E-state index in [-0.39, 0.29) is 0 Å². The zero-order valence-corrected chi connectivity index (χ0v) is 12.9. The first-order valence-electron chi connectivity index (χ1n) is 6.42. The van der Waals surface area contributed by atoms with Gasteiger partial charge < -0.3 is 14.5 Å². The van der Waals surface area contributed by atoms with Crippen LogP contribution in [0, 0.1) is 11.6 Å². The number of rotatable bonds is 4. The lowest BCUT2D eigenvalue weighted by atomic mass is 10.1. The van der Waals surface area contributed by atoms with Crippen LogP contribution in [0.25, 0.3) is 11.3 Å². The topological polar surface area (TPSA) is 47.1 Å². The van der Waals surface area contributed by atoms with Crippen molar-refractivity contribution in [3.05, 3.63) is 34.2 Å². The fourth-order valence-electron chi connectivity index (χ4n) is 2.02. The molecular formula is C15H18N2O2S. The molecule has 0 aliphatic heterocycles. The van der Waals surface area contributed by atoms with Crippen LogP contribution >= 0.6 is 12.2 Å². The van der Waals surface area contributed by atoms with E-state index in [1.165, 1.54) is 0 Å². The van der Waals surface area contributed by atoms with Gasteiger partial charge in [-0.25, -0.2) is 4.98 Å². The van der Waals surface area contributed by atoms with Crippen molar-refractivity contribution in [1.82, 2.24) is 9.97 Å². The molecule has 5 heteroatoms. The molecule has 0 spiro atoms. The minimum atomic E-state index is 0.619. The second-order valence-corrected chi connectivity index (χ2v) is 4.80. The number of hydrogen-bond acceptors (Lipinski definition) is 4. The lowest BCUT2D eigenvalue weighted by molar-refractivity contribution is 0.395.